The van der Waals surface area contributed by atoms with E-state index in [1.54, 1.807) is 0 Å². The largest absolute Gasteiger partial charge is 0.383 e. The molecule has 3 nitrogen and oxygen atoms in total. The molecule has 20 heavy (non-hydrogen) atoms. The molecule has 0 aliphatic carbocycles. The van der Waals surface area contributed by atoms with E-state index in [0.717, 1.165) is 26.2 Å². The Morgan fingerprint density at radius 3 is 2.40 bits per heavy atom. The normalized spacial score (nSPS) is 14.1. The Hall–Kier alpha value is -2.16. The minimum atomic E-state index is 0.960. The minimum absolute atomic E-state index is 0.960. The van der Waals surface area contributed by atoms with Crippen LogP contribution in [-0.4, -0.2) is 33.2 Å². The Balaban J connectivity index is 1.63. The molecule has 3 heteroatoms. The zero-order chi connectivity index (χ0) is 13.8. The van der Waals surface area contributed by atoms with Gasteiger partial charge in [-0.3, -0.25) is 0 Å². The lowest BCUT2D eigenvalue weighted by molar-refractivity contribution is 0.741. The van der Waals surface area contributed by atoms with Gasteiger partial charge in [0.1, 0.15) is 0 Å². The van der Waals surface area contributed by atoms with Crippen LogP contribution >= 0.6 is 0 Å². The first kappa shape index (κ1) is 12.9. The van der Waals surface area contributed by atoms with Crippen LogP contribution in [0.1, 0.15) is 0 Å². The van der Waals surface area contributed by atoms with Crippen molar-refractivity contribution in [2.75, 3.05) is 48.3 Å². The van der Waals surface area contributed by atoms with Crippen LogP contribution in [-0.2, 0) is 0 Å². The van der Waals surface area contributed by atoms with Crippen LogP contribution in [0.3, 0.4) is 0 Å². The lowest BCUT2D eigenvalue weighted by atomic mass is 10.2. The Labute approximate surface area is 120 Å². The summed E-state index contributed by atoms with van der Waals surface area (Å²) in [4.78, 5) is 4.79. The van der Waals surface area contributed by atoms with Crippen LogP contribution in [0.4, 0.5) is 17.1 Å². The molecule has 0 aromatic heterocycles. The predicted molar refractivity (Wildman–Crippen MR) is 86.9 cm³/mol. The van der Waals surface area contributed by atoms with E-state index in [1.807, 2.05) is 6.07 Å². The van der Waals surface area contributed by atoms with Crippen molar-refractivity contribution in [3.05, 3.63) is 54.6 Å². The van der Waals surface area contributed by atoms with Crippen molar-refractivity contribution in [1.82, 2.24) is 0 Å². The second kappa shape index (κ2) is 5.87. The number of likely N-dealkylation sites (N-methyl/N-ethyl adjacent to an activating group) is 1. The van der Waals surface area contributed by atoms with Crippen molar-refractivity contribution < 1.29 is 0 Å². The molecule has 1 N–H and O–H groups in total. The summed E-state index contributed by atoms with van der Waals surface area (Å²) in [6.07, 6.45) is 0. The standard InChI is InChI=1S/C17H21N3/c1-19-13-14-20(17-10-6-5-9-16(17)19)12-11-18-15-7-3-2-4-8-15/h2-10,18H,11-14H2,1H3. The Bertz CT molecular complexity index is 553. The Morgan fingerprint density at radius 2 is 1.60 bits per heavy atom. The van der Waals surface area contributed by atoms with Gasteiger partial charge >= 0.3 is 0 Å². The van der Waals surface area contributed by atoms with Crippen molar-refractivity contribution in [1.29, 1.82) is 0 Å². The van der Waals surface area contributed by atoms with Crippen LogP contribution in [0.15, 0.2) is 54.6 Å². The molecule has 0 unspecified atom stereocenters. The van der Waals surface area contributed by atoms with Gasteiger partial charge in [-0.2, -0.15) is 0 Å². The maximum atomic E-state index is 3.48. The molecule has 2 aromatic rings. The van der Waals surface area contributed by atoms with Gasteiger partial charge in [0.2, 0.25) is 0 Å². The topological polar surface area (TPSA) is 18.5 Å². The molecule has 0 amide bonds. The zero-order valence-corrected chi connectivity index (χ0v) is 11.9. The number of anilines is 3. The number of fused-ring (bicyclic) bond motifs is 1. The molecule has 0 spiro atoms. The average Bonchev–Trinajstić information content (AvgIpc) is 2.51. The summed E-state index contributed by atoms with van der Waals surface area (Å²) in [5.41, 5.74) is 3.87. The number of hydrogen-bond donors (Lipinski definition) is 1. The second-order valence-electron chi connectivity index (χ2n) is 5.19. The van der Waals surface area contributed by atoms with Gasteiger partial charge in [-0.25, -0.2) is 0 Å². The van der Waals surface area contributed by atoms with Gasteiger partial charge in [-0.05, 0) is 24.3 Å². The summed E-state index contributed by atoms with van der Waals surface area (Å²) in [5, 5.41) is 3.48. The number of hydrogen-bond acceptors (Lipinski definition) is 3. The molecule has 0 fully saturated rings. The first-order valence-corrected chi connectivity index (χ1v) is 7.18. The van der Waals surface area contributed by atoms with Gasteiger partial charge in [0.15, 0.2) is 0 Å². The molecule has 1 heterocycles. The Kier molecular flexibility index (Phi) is 3.77. The van der Waals surface area contributed by atoms with Gasteiger partial charge in [0.25, 0.3) is 0 Å². The Morgan fingerprint density at radius 1 is 0.900 bits per heavy atom. The molecule has 104 valence electrons. The van der Waals surface area contributed by atoms with Crippen LogP contribution in [0.5, 0.6) is 0 Å². The van der Waals surface area contributed by atoms with E-state index in [-0.39, 0.29) is 0 Å². The molecule has 0 bridgehead atoms. The van der Waals surface area contributed by atoms with Crippen LogP contribution in [0.25, 0.3) is 0 Å². The molecule has 1 aliphatic heterocycles. The van der Waals surface area contributed by atoms with E-state index < -0.39 is 0 Å². The van der Waals surface area contributed by atoms with Gasteiger partial charge in [-0.15, -0.1) is 0 Å². The van der Waals surface area contributed by atoms with Crippen molar-refractivity contribution in [3.8, 4) is 0 Å². The van der Waals surface area contributed by atoms with E-state index in [2.05, 4.69) is 70.7 Å². The first-order valence-electron chi connectivity index (χ1n) is 7.18. The number of benzene rings is 2. The molecular formula is C17H21N3. The summed E-state index contributed by atoms with van der Waals surface area (Å²) in [6.45, 7) is 4.16. The summed E-state index contributed by atoms with van der Waals surface area (Å²) < 4.78 is 0. The van der Waals surface area contributed by atoms with Crippen molar-refractivity contribution in [2.45, 2.75) is 0 Å². The smallest absolute Gasteiger partial charge is 0.0605 e. The van der Waals surface area contributed by atoms with Gasteiger partial charge < -0.3 is 15.1 Å². The fourth-order valence-electron chi connectivity index (χ4n) is 2.69. The van der Waals surface area contributed by atoms with E-state index in [4.69, 9.17) is 0 Å². The lowest BCUT2D eigenvalue weighted by Crippen LogP contribution is -2.41. The highest BCUT2D eigenvalue weighted by Gasteiger charge is 2.18. The van der Waals surface area contributed by atoms with Crippen molar-refractivity contribution >= 4 is 17.1 Å². The van der Waals surface area contributed by atoms with Crippen LogP contribution < -0.4 is 15.1 Å². The molecular weight excluding hydrogens is 246 g/mol. The molecule has 0 saturated carbocycles. The number of rotatable bonds is 4. The quantitative estimate of drug-likeness (QED) is 0.918. The molecule has 3 rings (SSSR count). The van der Waals surface area contributed by atoms with Crippen LogP contribution in [0, 0.1) is 0 Å². The monoisotopic (exact) mass is 267 g/mol. The predicted octanol–water partition coefficient (Wildman–Crippen LogP) is 3.05. The van der Waals surface area contributed by atoms with E-state index in [0.29, 0.717) is 0 Å². The summed E-state index contributed by atoms with van der Waals surface area (Å²) in [7, 11) is 2.17. The average molecular weight is 267 g/mol. The molecule has 1 aliphatic rings. The minimum Gasteiger partial charge on any atom is -0.383 e. The lowest BCUT2D eigenvalue weighted by Gasteiger charge is -2.37. The van der Waals surface area contributed by atoms with Gasteiger partial charge in [-0.1, -0.05) is 30.3 Å². The third kappa shape index (κ3) is 2.72. The maximum Gasteiger partial charge on any atom is 0.0605 e. The highest BCUT2D eigenvalue weighted by Crippen LogP contribution is 2.31. The zero-order valence-electron chi connectivity index (χ0n) is 11.9. The summed E-state index contributed by atoms with van der Waals surface area (Å²) in [6, 6.07) is 19.0. The number of nitrogens with zero attached hydrogens (tertiary/aromatic N) is 2. The van der Waals surface area contributed by atoms with E-state index in [1.165, 1.54) is 17.1 Å². The molecule has 0 saturated heterocycles. The number of para-hydroxylation sites is 3. The van der Waals surface area contributed by atoms with Gasteiger partial charge in [0.05, 0.1) is 11.4 Å². The first-order chi connectivity index (χ1) is 9.84. The third-order valence-electron chi connectivity index (χ3n) is 3.82. The summed E-state index contributed by atoms with van der Waals surface area (Å²) >= 11 is 0. The van der Waals surface area contributed by atoms with Crippen LogP contribution in [0.2, 0.25) is 0 Å². The van der Waals surface area contributed by atoms with Crippen molar-refractivity contribution in [3.63, 3.8) is 0 Å². The fourth-order valence-corrected chi connectivity index (χ4v) is 2.69. The third-order valence-corrected chi connectivity index (χ3v) is 3.82. The summed E-state index contributed by atoms with van der Waals surface area (Å²) in [5.74, 6) is 0. The highest BCUT2D eigenvalue weighted by molar-refractivity contribution is 5.73. The molecule has 2 aromatic carbocycles. The SMILES string of the molecule is CN1CCN(CCNc2ccccc2)c2ccccc21. The molecule has 0 atom stereocenters. The maximum absolute atomic E-state index is 3.48. The van der Waals surface area contributed by atoms with Crippen molar-refractivity contribution in [2.24, 2.45) is 0 Å². The second-order valence-corrected chi connectivity index (χ2v) is 5.19. The highest BCUT2D eigenvalue weighted by atomic mass is 15.3. The fraction of sp³-hybridized carbons (Fsp3) is 0.294. The molecule has 0 radical (unpaired) electrons. The van der Waals surface area contributed by atoms with E-state index in [9.17, 15) is 0 Å². The number of nitrogens with one attached hydrogen (secondary N) is 1. The van der Waals surface area contributed by atoms with Gasteiger partial charge in [0, 0.05) is 38.9 Å². The van der Waals surface area contributed by atoms with E-state index >= 15 is 0 Å².